The van der Waals surface area contributed by atoms with Crippen molar-refractivity contribution in [3.63, 3.8) is 0 Å². The van der Waals surface area contributed by atoms with E-state index < -0.39 is 0 Å². The smallest absolute Gasteiger partial charge is 0.0235 e. The Hall–Kier alpha value is 0. The molecule has 0 N–H and O–H groups in total. The number of hydrogen-bond donors (Lipinski definition) is 0. The third-order valence-electron chi connectivity index (χ3n) is 9.71. The normalized spacial score (nSPS) is 42.9. The molecule has 3 saturated carbocycles. The molecule has 3 rings (SSSR count). The molecule has 1 spiro atoms. The molecule has 0 saturated heterocycles. The van der Waals surface area contributed by atoms with Gasteiger partial charge in [-0.1, -0.05) is 73.6 Å². The fourth-order valence-corrected chi connectivity index (χ4v) is 7.72. The van der Waals surface area contributed by atoms with Crippen LogP contribution in [-0.4, -0.2) is 0 Å². The Morgan fingerprint density at radius 2 is 1.69 bits per heavy atom. The van der Waals surface area contributed by atoms with E-state index in [1.54, 1.807) is 38.5 Å². The summed E-state index contributed by atoms with van der Waals surface area (Å²) in [5, 5.41) is 0. The molecule has 3 aliphatic rings. The summed E-state index contributed by atoms with van der Waals surface area (Å²) in [5.74, 6) is 8.15. The largest absolute Gasteiger partial charge is 0.0654 e. The van der Waals surface area contributed by atoms with Gasteiger partial charge in [0.15, 0.2) is 0 Å². The van der Waals surface area contributed by atoms with E-state index in [0.29, 0.717) is 0 Å². The van der Waals surface area contributed by atoms with E-state index in [1.807, 2.05) is 0 Å². The van der Waals surface area contributed by atoms with Crippen molar-refractivity contribution in [2.45, 2.75) is 112 Å². The lowest BCUT2D eigenvalue weighted by atomic mass is 9.76. The summed E-state index contributed by atoms with van der Waals surface area (Å²) in [5.41, 5.74) is 0.798. The molecule has 0 bridgehead atoms. The van der Waals surface area contributed by atoms with Crippen LogP contribution in [0.1, 0.15) is 112 Å². The Balaban J connectivity index is 1.59. The zero-order valence-corrected chi connectivity index (χ0v) is 18.9. The molecular formula is C26H48. The summed E-state index contributed by atoms with van der Waals surface area (Å²) in [7, 11) is 0. The summed E-state index contributed by atoms with van der Waals surface area (Å²) in [6, 6.07) is 0. The van der Waals surface area contributed by atoms with Gasteiger partial charge in [-0.2, -0.15) is 0 Å². The molecule has 0 heteroatoms. The highest BCUT2D eigenvalue weighted by Gasteiger charge is 2.62. The first-order valence-electron chi connectivity index (χ1n) is 12.4. The summed E-state index contributed by atoms with van der Waals surface area (Å²) >= 11 is 0. The van der Waals surface area contributed by atoms with E-state index in [-0.39, 0.29) is 0 Å². The third-order valence-corrected chi connectivity index (χ3v) is 9.71. The lowest BCUT2D eigenvalue weighted by molar-refractivity contribution is 0.203. The second-order valence-electron chi connectivity index (χ2n) is 11.1. The molecule has 0 nitrogen and oxygen atoms in total. The first-order chi connectivity index (χ1) is 12.4. The van der Waals surface area contributed by atoms with E-state index in [1.165, 1.54) is 32.1 Å². The molecule has 152 valence electrons. The Kier molecular flexibility index (Phi) is 6.83. The van der Waals surface area contributed by atoms with Crippen LogP contribution in [0.4, 0.5) is 0 Å². The summed E-state index contributed by atoms with van der Waals surface area (Å²) in [6.07, 6.45) is 16.6. The van der Waals surface area contributed by atoms with Gasteiger partial charge < -0.3 is 0 Å². The molecule has 0 radical (unpaired) electrons. The van der Waals surface area contributed by atoms with Crippen molar-refractivity contribution in [3.05, 3.63) is 0 Å². The zero-order chi connectivity index (χ0) is 18.9. The van der Waals surface area contributed by atoms with Crippen LogP contribution in [0.25, 0.3) is 0 Å². The second-order valence-corrected chi connectivity index (χ2v) is 11.1. The molecule has 3 fully saturated rings. The van der Waals surface area contributed by atoms with Crippen molar-refractivity contribution < 1.29 is 0 Å². The minimum Gasteiger partial charge on any atom is -0.0654 e. The van der Waals surface area contributed by atoms with E-state index in [0.717, 1.165) is 52.8 Å². The molecule has 26 heavy (non-hydrogen) atoms. The second kappa shape index (κ2) is 8.57. The van der Waals surface area contributed by atoms with E-state index in [2.05, 4.69) is 41.5 Å². The van der Waals surface area contributed by atoms with Crippen molar-refractivity contribution >= 4 is 0 Å². The van der Waals surface area contributed by atoms with Crippen LogP contribution in [0.15, 0.2) is 0 Å². The van der Waals surface area contributed by atoms with Crippen LogP contribution in [-0.2, 0) is 0 Å². The minimum atomic E-state index is 0.798. The van der Waals surface area contributed by atoms with Gasteiger partial charge in [0, 0.05) is 0 Å². The van der Waals surface area contributed by atoms with Crippen molar-refractivity contribution in [1.82, 2.24) is 0 Å². The molecule has 0 aromatic rings. The van der Waals surface area contributed by atoms with Gasteiger partial charge in [-0.15, -0.1) is 0 Å². The SMILES string of the molecule is CCCC(C)C(C)C(CC)CC1CC12CC(C1CCC(C)C1)CC2CC. The lowest BCUT2D eigenvalue weighted by Gasteiger charge is -2.29. The van der Waals surface area contributed by atoms with Crippen molar-refractivity contribution in [3.8, 4) is 0 Å². The number of rotatable bonds is 9. The summed E-state index contributed by atoms with van der Waals surface area (Å²) in [4.78, 5) is 0. The Bertz CT molecular complexity index is 439. The highest BCUT2D eigenvalue weighted by Crippen LogP contribution is 2.71. The number of hydrogen-bond acceptors (Lipinski definition) is 0. The minimum absolute atomic E-state index is 0.798. The fraction of sp³-hybridized carbons (Fsp3) is 1.00. The van der Waals surface area contributed by atoms with Crippen molar-refractivity contribution in [2.75, 3.05) is 0 Å². The maximum absolute atomic E-state index is 2.57. The average Bonchev–Trinajstić information content (AvgIpc) is 2.94. The van der Waals surface area contributed by atoms with E-state index in [4.69, 9.17) is 0 Å². The van der Waals surface area contributed by atoms with Gasteiger partial charge in [-0.05, 0) is 91.3 Å². The van der Waals surface area contributed by atoms with E-state index in [9.17, 15) is 0 Å². The van der Waals surface area contributed by atoms with E-state index >= 15 is 0 Å². The first-order valence-corrected chi connectivity index (χ1v) is 12.4. The maximum Gasteiger partial charge on any atom is -0.0235 e. The van der Waals surface area contributed by atoms with Gasteiger partial charge in [0.2, 0.25) is 0 Å². The highest BCUT2D eigenvalue weighted by molar-refractivity contribution is 5.12. The van der Waals surface area contributed by atoms with Crippen LogP contribution in [0.5, 0.6) is 0 Å². The van der Waals surface area contributed by atoms with Crippen LogP contribution >= 0.6 is 0 Å². The molecule has 0 aromatic heterocycles. The Morgan fingerprint density at radius 1 is 0.923 bits per heavy atom. The molecule has 0 amide bonds. The molecule has 9 atom stereocenters. The predicted molar refractivity (Wildman–Crippen MR) is 115 cm³/mol. The standard InChI is InChI=1S/C26H48/c1-7-10-19(5)20(6)21(8-2)14-25-17-26(25)16-23(15-24(26)9-3)22-12-11-18(4)13-22/h18-25H,7-17H2,1-6H3. The monoisotopic (exact) mass is 360 g/mol. The van der Waals surface area contributed by atoms with Crippen molar-refractivity contribution in [2.24, 2.45) is 52.8 Å². The van der Waals surface area contributed by atoms with Crippen LogP contribution < -0.4 is 0 Å². The lowest BCUT2D eigenvalue weighted by Crippen LogP contribution is -2.21. The summed E-state index contributed by atoms with van der Waals surface area (Å²) < 4.78 is 0. The molecule has 0 heterocycles. The summed E-state index contributed by atoms with van der Waals surface area (Å²) in [6.45, 7) is 14.9. The predicted octanol–water partition coefficient (Wildman–Crippen LogP) is 8.35. The van der Waals surface area contributed by atoms with Gasteiger partial charge in [-0.3, -0.25) is 0 Å². The van der Waals surface area contributed by atoms with Gasteiger partial charge in [-0.25, -0.2) is 0 Å². The Morgan fingerprint density at radius 3 is 2.27 bits per heavy atom. The van der Waals surface area contributed by atoms with Gasteiger partial charge >= 0.3 is 0 Å². The molecular weight excluding hydrogens is 312 g/mol. The molecule has 0 aliphatic heterocycles. The van der Waals surface area contributed by atoms with Crippen molar-refractivity contribution in [1.29, 1.82) is 0 Å². The van der Waals surface area contributed by atoms with Crippen LogP contribution in [0.3, 0.4) is 0 Å². The fourth-order valence-electron chi connectivity index (χ4n) is 7.72. The van der Waals surface area contributed by atoms with Crippen LogP contribution in [0, 0.1) is 52.8 Å². The highest BCUT2D eigenvalue weighted by atomic mass is 14.7. The average molecular weight is 361 g/mol. The third kappa shape index (κ3) is 4.05. The van der Waals surface area contributed by atoms with Gasteiger partial charge in [0.1, 0.15) is 0 Å². The first kappa shape index (κ1) is 20.7. The Labute approximate surface area is 165 Å². The maximum atomic E-state index is 2.57. The molecule has 3 aliphatic carbocycles. The molecule has 0 aromatic carbocycles. The van der Waals surface area contributed by atoms with Gasteiger partial charge in [0.05, 0.1) is 0 Å². The topological polar surface area (TPSA) is 0 Å². The zero-order valence-electron chi connectivity index (χ0n) is 18.9. The quantitative estimate of drug-likeness (QED) is 0.387. The van der Waals surface area contributed by atoms with Gasteiger partial charge in [0.25, 0.3) is 0 Å². The van der Waals surface area contributed by atoms with Crippen LogP contribution in [0.2, 0.25) is 0 Å². The molecule has 9 unspecified atom stereocenters.